The Morgan fingerprint density at radius 2 is 1.93 bits per heavy atom. The number of nitrogens with zero attached hydrogens (tertiary/aromatic N) is 3. The van der Waals surface area contributed by atoms with E-state index in [1.165, 1.54) is 17.6 Å². The molecule has 2 N–H and O–H groups in total. The van der Waals surface area contributed by atoms with Crippen molar-refractivity contribution in [2.75, 3.05) is 45.8 Å². The number of carbonyl (C=O) groups excluding carboxylic acids is 1. The van der Waals surface area contributed by atoms with Crippen LogP contribution in [0.15, 0.2) is 49.5 Å². The number of thiophene rings is 1. The van der Waals surface area contributed by atoms with E-state index in [9.17, 15) is 13.2 Å². The molecular formula is C18H26IN5O4S2. The molecule has 2 aromatic heterocycles. The fourth-order valence-corrected chi connectivity index (χ4v) is 4.99. The van der Waals surface area contributed by atoms with Crippen molar-refractivity contribution < 1.29 is 17.6 Å². The van der Waals surface area contributed by atoms with Crippen molar-refractivity contribution in [3.8, 4) is 0 Å². The predicted molar refractivity (Wildman–Crippen MR) is 127 cm³/mol. The smallest absolute Gasteiger partial charge is 0.289 e. The molecule has 0 atom stereocenters. The second-order valence-corrected chi connectivity index (χ2v) is 9.26. The average molecular weight is 567 g/mol. The summed E-state index contributed by atoms with van der Waals surface area (Å²) in [5.74, 6) is 0.949. The molecule has 3 rings (SSSR count). The number of aliphatic imine (C=N–C) groups is 1. The van der Waals surface area contributed by atoms with Gasteiger partial charge in [0.2, 0.25) is 10.0 Å². The Bertz CT molecular complexity index is 909. The van der Waals surface area contributed by atoms with Gasteiger partial charge in [-0.05, 0) is 30.5 Å². The number of amides is 1. The summed E-state index contributed by atoms with van der Waals surface area (Å²) in [6.07, 6.45) is 1.49. The number of sulfonamides is 1. The van der Waals surface area contributed by atoms with Gasteiger partial charge in [-0.1, -0.05) is 6.07 Å². The van der Waals surface area contributed by atoms with Crippen LogP contribution in [0.3, 0.4) is 0 Å². The lowest BCUT2D eigenvalue weighted by Gasteiger charge is -2.36. The van der Waals surface area contributed by atoms with Gasteiger partial charge in [-0.25, -0.2) is 13.1 Å². The number of rotatable bonds is 7. The minimum atomic E-state index is -3.48. The third kappa shape index (κ3) is 6.43. The van der Waals surface area contributed by atoms with Gasteiger partial charge < -0.3 is 19.5 Å². The van der Waals surface area contributed by atoms with E-state index in [1.54, 1.807) is 34.5 Å². The maximum absolute atomic E-state index is 12.4. The summed E-state index contributed by atoms with van der Waals surface area (Å²) in [4.78, 5) is 20.7. The first kappa shape index (κ1) is 24.6. The molecule has 1 saturated heterocycles. The van der Waals surface area contributed by atoms with Crippen LogP contribution in [0, 0.1) is 0 Å². The van der Waals surface area contributed by atoms with E-state index < -0.39 is 10.0 Å². The Balaban J connectivity index is 0.00000320. The molecule has 0 unspecified atom stereocenters. The summed E-state index contributed by atoms with van der Waals surface area (Å²) < 4.78 is 32.3. The Morgan fingerprint density at radius 3 is 2.53 bits per heavy atom. The van der Waals surface area contributed by atoms with Crippen molar-refractivity contribution in [2.24, 2.45) is 4.99 Å². The van der Waals surface area contributed by atoms with Crippen molar-refractivity contribution in [3.63, 3.8) is 0 Å². The van der Waals surface area contributed by atoms with Gasteiger partial charge in [0.15, 0.2) is 11.7 Å². The number of piperazine rings is 1. The standard InChI is InChI=1S/C18H25N5O4S2.HI/c1-2-19-18(20-7-8-21-29(25,26)16-6-4-14-28-16)23-11-9-22(10-12-23)17(24)15-5-3-13-27-15;/h3-6,13-14,21H,2,7-12H2,1H3,(H,19,20);1H. The molecule has 1 amide bonds. The maximum atomic E-state index is 12.4. The van der Waals surface area contributed by atoms with Crippen molar-refractivity contribution in [2.45, 2.75) is 11.1 Å². The number of hydrogen-bond acceptors (Lipinski definition) is 6. The maximum Gasteiger partial charge on any atom is 0.289 e. The van der Waals surface area contributed by atoms with E-state index in [1.807, 2.05) is 6.92 Å². The lowest BCUT2D eigenvalue weighted by atomic mass is 10.3. The average Bonchev–Trinajstić information content (AvgIpc) is 3.44. The number of hydrogen-bond donors (Lipinski definition) is 2. The van der Waals surface area contributed by atoms with Crippen molar-refractivity contribution >= 4 is 57.2 Å². The van der Waals surface area contributed by atoms with Gasteiger partial charge in [0.05, 0.1) is 12.8 Å². The van der Waals surface area contributed by atoms with Crippen LogP contribution in [0.2, 0.25) is 0 Å². The Hall–Kier alpha value is -1.64. The van der Waals surface area contributed by atoms with Crippen LogP contribution >= 0.6 is 35.3 Å². The predicted octanol–water partition coefficient (Wildman–Crippen LogP) is 1.66. The highest BCUT2D eigenvalue weighted by molar-refractivity contribution is 14.0. The largest absolute Gasteiger partial charge is 0.459 e. The lowest BCUT2D eigenvalue weighted by molar-refractivity contribution is 0.0657. The number of halogens is 1. The van der Waals surface area contributed by atoms with Crippen LogP contribution < -0.4 is 10.0 Å². The molecule has 0 spiro atoms. The van der Waals surface area contributed by atoms with E-state index in [0.29, 0.717) is 55.2 Å². The first-order chi connectivity index (χ1) is 14.0. The van der Waals surface area contributed by atoms with E-state index in [4.69, 9.17) is 4.42 Å². The fourth-order valence-electron chi connectivity index (χ4n) is 2.93. The van der Waals surface area contributed by atoms with Gasteiger partial charge in [-0.2, -0.15) is 0 Å². The zero-order chi connectivity index (χ0) is 20.7. The van der Waals surface area contributed by atoms with Crippen LogP contribution in [-0.2, 0) is 10.0 Å². The zero-order valence-corrected chi connectivity index (χ0v) is 20.6. The number of nitrogens with one attached hydrogen (secondary N) is 2. The normalized spacial score (nSPS) is 15.0. The molecule has 1 fully saturated rings. The second-order valence-electron chi connectivity index (χ2n) is 6.32. The topological polar surface area (TPSA) is 107 Å². The molecule has 0 bridgehead atoms. The molecule has 2 aromatic rings. The molecule has 3 heterocycles. The first-order valence-electron chi connectivity index (χ1n) is 9.40. The second kappa shape index (κ2) is 11.7. The van der Waals surface area contributed by atoms with Crippen LogP contribution in [0.4, 0.5) is 0 Å². The zero-order valence-electron chi connectivity index (χ0n) is 16.6. The van der Waals surface area contributed by atoms with E-state index in [-0.39, 0.29) is 36.4 Å². The molecular weight excluding hydrogens is 541 g/mol. The molecule has 0 saturated carbocycles. The molecule has 166 valence electrons. The molecule has 1 aliphatic rings. The number of guanidine groups is 1. The Labute approximate surface area is 197 Å². The monoisotopic (exact) mass is 567 g/mol. The first-order valence-corrected chi connectivity index (χ1v) is 11.8. The number of furan rings is 1. The van der Waals surface area contributed by atoms with Crippen LogP contribution in [0.25, 0.3) is 0 Å². The summed E-state index contributed by atoms with van der Waals surface area (Å²) in [6.45, 7) is 5.61. The van der Waals surface area contributed by atoms with E-state index in [2.05, 4.69) is 19.9 Å². The molecule has 9 nitrogen and oxygen atoms in total. The summed E-state index contributed by atoms with van der Waals surface area (Å²) in [5.41, 5.74) is 0. The molecule has 30 heavy (non-hydrogen) atoms. The SMILES string of the molecule is CCNC(=NCCNS(=O)(=O)c1cccs1)N1CCN(C(=O)c2ccco2)CC1.I. The van der Waals surface area contributed by atoms with Gasteiger partial charge in [0, 0.05) is 39.3 Å². The quantitative estimate of drug-likeness (QED) is 0.228. The highest BCUT2D eigenvalue weighted by Crippen LogP contribution is 2.15. The summed E-state index contributed by atoms with van der Waals surface area (Å²) in [7, 11) is -3.48. The third-order valence-corrected chi connectivity index (χ3v) is 7.22. The Morgan fingerprint density at radius 1 is 1.20 bits per heavy atom. The molecule has 0 aromatic carbocycles. The van der Waals surface area contributed by atoms with Gasteiger partial charge >= 0.3 is 0 Å². The fraction of sp³-hybridized carbons (Fsp3) is 0.444. The van der Waals surface area contributed by atoms with Crippen molar-refractivity contribution in [3.05, 3.63) is 41.7 Å². The molecule has 0 aliphatic carbocycles. The number of carbonyl (C=O) groups is 1. The Kier molecular flexibility index (Phi) is 9.58. The van der Waals surface area contributed by atoms with Gasteiger partial charge in [0.1, 0.15) is 4.21 Å². The van der Waals surface area contributed by atoms with Crippen LogP contribution in [-0.4, -0.2) is 75.9 Å². The third-order valence-electron chi connectivity index (χ3n) is 4.36. The highest BCUT2D eigenvalue weighted by atomic mass is 127. The van der Waals surface area contributed by atoms with Crippen molar-refractivity contribution in [1.82, 2.24) is 19.8 Å². The highest BCUT2D eigenvalue weighted by Gasteiger charge is 2.25. The molecule has 0 radical (unpaired) electrons. The van der Waals surface area contributed by atoms with E-state index in [0.717, 1.165) is 0 Å². The molecule has 12 heteroatoms. The van der Waals surface area contributed by atoms with E-state index >= 15 is 0 Å². The van der Waals surface area contributed by atoms with Crippen molar-refractivity contribution in [1.29, 1.82) is 0 Å². The summed E-state index contributed by atoms with van der Waals surface area (Å²) in [6, 6.07) is 6.64. The summed E-state index contributed by atoms with van der Waals surface area (Å²) in [5, 5.41) is 4.96. The summed E-state index contributed by atoms with van der Waals surface area (Å²) >= 11 is 1.18. The van der Waals surface area contributed by atoms with Crippen LogP contribution in [0.1, 0.15) is 17.5 Å². The molecule has 1 aliphatic heterocycles. The van der Waals surface area contributed by atoms with Gasteiger partial charge in [0.25, 0.3) is 5.91 Å². The van der Waals surface area contributed by atoms with Gasteiger partial charge in [-0.3, -0.25) is 9.79 Å². The lowest BCUT2D eigenvalue weighted by Crippen LogP contribution is -2.53. The van der Waals surface area contributed by atoms with Gasteiger partial charge in [-0.15, -0.1) is 35.3 Å². The van der Waals surface area contributed by atoms with Crippen LogP contribution in [0.5, 0.6) is 0 Å². The minimum Gasteiger partial charge on any atom is -0.459 e. The minimum absolute atomic E-state index is 0.